The molecule has 3 heterocycles. The van der Waals surface area contributed by atoms with Gasteiger partial charge in [-0.1, -0.05) is 13.0 Å². The van der Waals surface area contributed by atoms with Crippen LogP contribution in [0.2, 0.25) is 0 Å². The Labute approximate surface area is 170 Å². The highest BCUT2D eigenvalue weighted by atomic mass is 127. The van der Waals surface area contributed by atoms with Crippen molar-refractivity contribution in [2.24, 2.45) is 10.9 Å². The molecule has 1 aliphatic heterocycles. The number of aliphatic imine (C=N–C) groups is 1. The zero-order chi connectivity index (χ0) is 16.8. The summed E-state index contributed by atoms with van der Waals surface area (Å²) in [5, 5.41) is 12.7. The zero-order valence-electron chi connectivity index (χ0n) is 14.8. The second-order valence-electron chi connectivity index (χ2n) is 6.45. The normalized spacial score (nSPS) is 17.2. The van der Waals surface area contributed by atoms with E-state index in [2.05, 4.69) is 54.8 Å². The molecule has 2 aromatic heterocycles. The largest absolute Gasteiger partial charge is 0.356 e. The molecule has 1 saturated heterocycles. The van der Waals surface area contributed by atoms with Crippen molar-refractivity contribution in [2.45, 2.75) is 32.1 Å². The Bertz CT molecular complexity index is 620. The van der Waals surface area contributed by atoms with Crippen molar-refractivity contribution in [2.75, 3.05) is 26.7 Å². The molecule has 0 aliphatic carbocycles. The summed E-state index contributed by atoms with van der Waals surface area (Å²) in [5.41, 5.74) is 0. The van der Waals surface area contributed by atoms with Gasteiger partial charge in [0, 0.05) is 37.5 Å². The Hall–Kier alpha value is -1.16. The molecule has 25 heavy (non-hydrogen) atoms. The molecule has 0 amide bonds. The van der Waals surface area contributed by atoms with Gasteiger partial charge in [0.15, 0.2) is 5.96 Å². The average Bonchev–Trinajstić information content (AvgIpc) is 3.29. The summed E-state index contributed by atoms with van der Waals surface area (Å²) in [7, 11) is 1.87. The fraction of sp³-hybridized carbons (Fsp3) is 0.588. The monoisotopic (exact) mass is 474 g/mol. The molecule has 3 rings (SSSR count). The van der Waals surface area contributed by atoms with Gasteiger partial charge < -0.3 is 10.2 Å². The Morgan fingerprint density at radius 1 is 1.48 bits per heavy atom. The van der Waals surface area contributed by atoms with E-state index in [0.29, 0.717) is 11.8 Å². The van der Waals surface area contributed by atoms with Crippen LogP contribution in [-0.4, -0.2) is 52.7 Å². The average molecular weight is 474 g/mol. The molecule has 1 aliphatic rings. The third kappa shape index (κ3) is 5.67. The lowest BCUT2D eigenvalue weighted by atomic mass is 9.96. The molecule has 2 aromatic rings. The van der Waals surface area contributed by atoms with Crippen molar-refractivity contribution >= 4 is 41.3 Å². The van der Waals surface area contributed by atoms with Crippen molar-refractivity contribution < 1.29 is 0 Å². The Balaban J connectivity index is 0.00000225. The highest BCUT2D eigenvalue weighted by Gasteiger charge is 2.24. The summed E-state index contributed by atoms with van der Waals surface area (Å²) < 4.78 is 0. The van der Waals surface area contributed by atoms with Crippen molar-refractivity contribution in [1.29, 1.82) is 0 Å². The number of guanidine groups is 1. The van der Waals surface area contributed by atoms with Gasteiger partial charge in [-0.2, -0.15) is 5.10 Å². The van der Waals surface area contributed by atoms with Crippen LogP contribution in [0.25, 0.3) is 0 Å². The van der Waals surface area contributed by atoms with Crippen LogP contribution in [0.15, 0.2) is 28.8 Å². The van der Waals surface area contributed by atoms with E-state index < -0.39 is 0 Å². The van der Waals surface area contributed by atoms with Crippen molar-refractivity contribution in [1.82, 2.24) is 25.4 Å². The van der Waals surface area contributed by atoms with Crippen LogP contribution in [-0.2, 0) is 6.42 Å². The lowest BCUT2D eigenvalue weighted by Gasteiger charge is -2.33. The summed E-state index contributed by atoms with van der Waals surface area (Å²) in [5.74, 6) is 3.11. The number of halogens is 1. The molecule has 0 spiro atoms. The number of nitrogens with one attached hydrogen (secondary N) is 2. The van der Waals surface area contributed by atoms with E-state index in [4.69, 9.17) is 0 Å². The van der Waals surface area contributed by atoms with Crippen LogP contribution in [0.3, 0.4) is 0 Å². The number of rotatable bonds is 5. The molecule has 0 aromatic carbocycles. The Morgan fingerprint density at radius 3 is 2.88 bits per heavy atom. The van der Waals surface area contributed by atoms with Crippen LogP contribution < -0.4 is 5.32 Å². The van der Waals surface area contributed by atoms with Crippen LogP contribution in [0.1, 0.15) is 36.4 Å². The minimum absolute atomic E-state index is 0. The lowest BCUT2D eigenvalue weighted by Crippen LogP contribution is -2.46. The molecule has 2 N–H and O–H groups in total. The topological polar surface area (TPSA) is 69.2 Å². The first kappa shape index (κ1) is 20.2. The highest BCUT2D eigenvalue weighted by Crippen LogP contribution is 2.24. The van der Waals surface area contributed by atoms with Gasteiger partial charge in [0.1, 0.15) is 12.2 Å². The number of aromatic amines is 1. The van der Waals surface area contributed by atoms with Gasteiger partial charge in [0.25, 0.3) is 0 Å². The molecule has 1 fully saturated rings. The van der Waals surface area contributed by atoms with E-state index >= 15 is 0 Å². The lowest BCUT2D eigenvalue weighted by molar-refractivity contribution is 0.297. The Kier molecular flexibility index (Phi) is 8.14. The molecule has 0 radical (unpaired) electrons. The predicted molar refractivity (Wildman–Crippen MR) is 114 cm³/mol. The maximum absolute atomic E-state index is 4.47. The van der Waals surface area contributed by atoms with Crippen molar-refractivity contribution in [3.8, 4) is 0 Å². The fourth-order valence-electron chi connectivity index (χ4n) is 3.22. The number of hydrogen-bond acceptors (Lipinski definition) is 4. The molecule has 8 heteroatoms. The van der Waals surface area contributed by atoms with Gasteiger partial charge in [-0.05, 0) is 36.6 Å². The number of piperidine rings is 1. The number of nitrogens with zero attached hydrogens (tertiary/aromatic N) is 4. The van der Waals surface area contributed by atoms with Gasteiger partial charge in [-0.25, -0.2) is 4.98 Å². The van der Waals surface area contributed by atoms with Gasteiger partial charge in [-0.3, -0.25) is 10.1 Å². The van der Waals surface area contributed by atoms with E-state index in [-0.39, 0.29) is 24.0 Å². The molecule has 138 valence electrons. The third-order valence-corrected chi connectivity index (χ3v) is 5.46. The number of likely N-dealkylation sites (tertiary alicyclic amines) is 1. The van der Waals surface area contributed by atoms with E-state index in [1.165, 1.54) is 4.88 Å². The number of hydrogen-bond donors (Lipinski definition) is 2. The van der Waals surface area contributed by atoms with E-state index in [1.807, 2.05) is 18.4 Å². The molecule has 1 atom stereocenters. The maximum Gasteiger partial charge on any atom is 0.193 e. The maximum atomic E-state index is 4.47. The van der Waals surface area contributed by atoms with Crippen molar-refractivity contribution in [3.63, 3.8) is 0 Å². The highest BCUT2D eigenvalue weighted by molar-refractivity contribution is 14.0. The first-order valence-electron chi connectivity index (χ1n) is 8.59. The quantitative estimate of drug-likeness (QED) is 0.397. The smallest absolute Gasteiger partial charge is 0.193 e. The first-order valence-corrected chi connectivity index (χ1v) is 9.47. The zero-order valence-corrected chi connectivity index (χ0v) is 18.0. The SMILES string of the molecule is CN=C(NCC(C)Cc1cccs1)N1CCC(c2ncn[nH]2)CC1.I. The molecule has 0 saturated carbocycles. The number of thiophene rings is 1. The minimum Gasteiger partial charge on any atom is -0.356 e. The molecular formula is C17H27IN6S. The van der Waals surface area contributed by atoms with Crippen LogP contribution in [0, 0.1) is 5.92 Å². The van der Waals surface area contributed by atoms with Gasteiger partial charge >= 0.3 is 0 Å². The van der Waals surface area contributed by atoms with Gasteiger partial charge in [0.05, 0.1) is 0 Å². The summed E-state index contributed by atoms with van der Waals surface area (Å²) in [6, 6.07) is 4.34. The minimum atomic E-state index is 0. The van der Waals surface area contributed by atoms with Crippen LogP contribution in [0.4, 0.5) is 0 Å². The van der Waals surface area contributed by atoms with Crippen LogP contribution >= 0.6 is 35.3 Å². The summed E-state index contributed by atoms with van der Waals surface area (Å²) >= 11 is 1.84. The van der Waals surface area contributed by atoms with Gasteiger partial charge in [-0.15, -0.1) is 35.3 Å². The Morgan fingerprint density at radius 2 is 2.28 bits per heavy atom. The summed E-state index contributed by atoms with van der Waals surface area (Å²) in [6.45, 7) is 5.25. The third-order valence-electron chi connectivity index (χ3n) is 4.57. The molecule has 0 bridgehead atoms. The van der Waals surface area contributed by atoms with Crippen LogP contribution in [0.5, 0.6) is 0 Å². The van der Waals surface area contributed by atoms with E-state index in [9.17, 15) is 0 Å². The molecule has 6 nitrogen and oxygen atoms in total. The standard InChI is InChI=1S/C17H26N6S.HI/c1-13(10-15-4-3-9-24-15)11-19-17(18-2)23-7-5-14(6-8-23)16-20-12-21-22-16;/h3-4,9,12-14H,5-8,10-11H2,1-2H3,(H,18,19)(H,20,21,22);1H. The molecular weight excluding hydrogens is 447 g/mol. The first-order chi connectivity index (χ1) is 11.8. The second-order valence-corrected chi connectivity index (χ2v) is 7.48. The molecule has 1 unspecified atom stereocenters. The predicted octanol–water partition coefficient (Wildman–Crippen LogP) is 3.12. The summed E-state index contributed by atoms with van der Waals surface area (Å²) in [4.78, 5) is 12.6. The number of H-pyrrole nitrogens is 1. The van der Waals surface area contributed by atoms with Gasteiger partial charge in [0.2, 0.25) is 0 Å². The second kappa shape index (κ2) is 10.1. The number of aromatic nitrogens is 3. The fourth-order valence-corrected chi connectivity index (χ4v) is 4.09. The van der Waals surface area contributed by atoms with Crippen molar-refractivity contribution in [3.05, 3.63) is 34.5 Å². The van der Waals surface area contributed by atoms with E-state index in [1.54, 1.807) is 6.33 Å². The summed E-state index contributed by atoms with van der Waals surface area (Å²) in [6.07, 6.45) is 4.88. The van der Waals surface area contributed by atoms with E-state index in [0.717, 1.165) is 50.7 Å².